The lowest BCUT2D eigenvalue weighted by Gasteiger charge is -2.30. The fraction of sp³-hybridized carbons (Fsp3) is 0.625. The van der Waals surface area contributed by atoms with Gasteiger partial charge < -0.3 is 5.32 Å². The summed E-state index contributed by atoms with van der Waals surface area (Å²) in [6, 6.07) is 4.22. The molecule has 1 saturated heterocycles. The smallest absolute Gasteiger partial charge is 0.159 e. The molecule has 1 N–H and O–H groups in total. The van der Waals surface area contributed by atoms with Crippen LogP contribution in [0.1, 0.15) is 31.7 Å². The van der Waals surface area contributed by atoms with Gasteiger partial charge in [0.2, 0.25) is 0 Å². The third kappa shape index (κ3) is 4.53. The van der Waals surface area contributed by atoms with Gasteiger partial charge in [0, 0.05) is 13.1 Å². The Morgan fingerprint density at radius 2 is 2.15 bits per heavy atom. The molecule has 0 aliphatic carbocycles. The van der Waals surface area contributed by atoms with Crippen LogP contribution in [0.2, 0.25) is 0 Å². The van der Waals surface area contributed by atoms with Crippen LogP contribution in [0.4, 0.5) is 8.78 Å². The van der Waals surface area contributed by atoms with Crippen molar-refractivity contribution in [3.05, 3.63) is 35.4 Å². The van der Waals surface area contributed by atoms with Crippen LogP contribution >= 0.6 is 0 Å². The number of rotatable bonds is 6. The second-order valence-electron chi connectivity index (χ2n) is 5.70. The van der Waals surface area contributed by atoms with Crippen molar-refractivity contribution in [2.45, 2.75) is 32.7 Å². The van der Waals surface area contributed by atoms with Gasteiger partial charge in [-0.25, -0.2) is 8.78 Å². The van der Waals surface area contributed by atoms with Gasteiger partial charge in [0.05, 0.1) is 0 Å². The van der Waals surface area contributed by atoms with E-state index >= 15 is 0 Å². The molecule has 1 unspecified atom stereocenters. The first-order chi connectivity index (χ1) is 9.69. The molecular formula is C16H24F2N2. The van der Waals surface area contributed by atoms with Gasteiger partial charge in [-0.1, -0.05) is 13.0 Å². The fourth-order valence-electron chi connectivity index (χ4n) is 2.89. The summed E-state index contributed by atoms with van der Waals surface area (Å²) in [6.07, 6.45) is 3.56. The number of halogens is 2. The maximum absolute atomic E-state index is 13.3. The third-order valence-electron chi connectivity index (χ3n) is 3.85. The lowest BCUT2D eigenvalue weighted by atomic mass is 9.98. The molecule has 1 heterocycles. The van der Waals surface area contributed by atoms with Crippen LogP contribution in [0, 0.1) is 17.6 Å². The zero-order chi connectivity index (χ0) is 14.4. The molecule has 4 heteroatoms. The van der Waals surface area contributed by atoms with Crippen LogP contribution in [0.25, 0.3) is 0 Å². The second kappa shape index (κ2) is 7.70. The van der Waals surface area contributed by atoms with Crippen LogP contribution in [-0.2, 0) is 6.54 Å². The third-order valence-corrected chi connectivity index (χ3v) is 3.85. The van der Waals surface area contributed by atoms with Crippen LogP contribution in [0.3, 0.4) is 0 Å². The summed E-state index contributed by atoms with van der Waals surface area (Å²) in [7, 11) is 0. The van der Waals surface area contributed by atoms with E-state index in [4.69, 9.17) is 0 Å². The molecule has 0 spiro atoms. The monoisotopic (exact) mass is 282 g/mol. The Morgan fingerprint density at radius 1 is 1.30 bits per heavy atom. The van der Waals surface area contributed by atoms with E-state index in [-0.39, 0.29) is 0 Å². The highest BCUT2D eigenvalue weighted by Gasteiger charge is 2.17. The van der Waals surface area contributed by atoms with Gasteiger partial charge >= 0.3 is 0 Å². The van der Waals surface area contributed by atoms with Gasteiger partial charge in [-0.05, 0) is 62.5 Å². The summed E-state index contributed by atoms with van der Waals surface area (Å²) in [6.45, 7) is 7.06. The van der Waals surface area contributed by atoms with Gasteiger partial charge in [0.25, 0.3) is 0 Å². The van der Waals surface area contributed by atoms with E-state index in [0.717, 1.165) is 38.2 Å². The Morgan fingerprint density at radius 3 is 2.80 bits per heavy atom. The topological polar surface area (TPSA) is 15.3 Å². The van der Waals surface area contributed by atoms with Crippen molar-refractivity contribution in [1.29, 1.82) is 0 Å². The fourth-order valence-corrected chi connectivity index (χ4v) is 2.89. The Labute approximate surface area is 120 Å². The summed E-state index contributed by atoms with van der Waals surface area (Å²) < 4.78 is 26.2. The van der Waals surface area contributed by atoms with Crippen molar-refractivity contribution in [2.24, 2.45) is 5.92 Å². The first kappa shape index (κ1) is 15.4. The maximum atomic E-state index is 13.3. The van der Waals surface area contributed by atoms with Crippen LogP contribution in [0.5, 0.6) is 0 Å². The van der Waals surface area contributed by atoms with Gasteiger partial charge in [-0.2, -0.15) is 0 Å². The summed E-state index contributed by atoms with van der Waals surface area (Å²) in [4.78, 5) is 2.35. The highest BCUT2D eigenvalue weighted by atomic mass is 19.2. The van der Waals surface area contributed by atoms with Gasteiger partial charge in [0.15, 0.2) is 11.6 Å². The normalized spacial score (nSPS) is 19.5. The molecule has 2 rings (SSSR count). The molecule has 0 radical (unpaired) electrons. The molecule has 1 aromatic rings. The first-order valence-corrected chi connectivity index (χ1v) is 7.56. The summed E-state index contributed by atoms with van der Waals surface area (Å²) >= 11 is 0. The van der Waals surface area contributed by atoms with Crippen molar-refractivity contribution in [2.75, 3.05) is 26.2 Å². The van der Waals surface area contributed by atoms with E-state index < -0.39 is 11.6 Å². The second-order valence-corrected chi connectivity index (χ2v) is 5.70. The van der Waals surface area contributed by atoms with Crippen molar-refractivity contribution in [3.8, 4) is 0 Å². The quantitative estimate of drug-likeness (QED) is 0.862. The van der Waals surface area contributed by atoms with E-state index in [1.54, 1.807) is 6.07 Å². The predicted octanol–water partition coefficient (Wildman–Crippen LogP) is 3.18. The van der Waals surface area contributed by atoms with E-state index in [9.17, 15) is 8.78 Å². The van der Waals surface area contributed by atoms with E-state index in [0.29, 0.717) is 12.5 Å². The minimum Gasteiger partial charge on any atom is -0.316 e. The number of benzene rings is 1. The summed E-state index contributed by atoms with van der Waals surface area (Å²) in [5.41, 5.74) is 0.848. The van der Waals surface area contributed by atoms with Crippen molar-refractivity contribution >= 4 is 0 Å². The maximum Gasteiger partial charge on any atom is 0.159 e. The molecule has 1 aliphatic heterocycles. The number of piperidine rings is 1. The molecule has 0 saturated carbocycles. The van der Waals surface area contributed by atoms with Gasteiger partial charge in [0.1, 0.15) is 0 Å². The molecule has 0 amide bonds. The molecule has 1 aromatic carbocycles. The minimum atomic E-state index is -0.771. The van der Waals surface area contributed by atoms with Crippen LogP contribution < -0.4 is 5.32 Å². The van der Waals surface area contributed by atoms with Crippen molar-refractivity contribution in [3.63, 3.8) is 0 Å². The zero-order valence-electron chi connectivity index (χ0n) is 12.2. The highest BCUT2D eigenvalue weighted by Crippen LogP contribution is 2.16. The standard InChI is InChI=1S/C16H24F2N2/c1-2-8-20(12-14-4-3-7-19-10-14)11-13-5-6-15(17)16(18)9-13/h5-6,9,14,19H,2-4,7-8,10-12H2,1H3. The minimum absolute atomic E-state index is 0.667. The Balaban J connectivity index is 1.94. The van der Waals surface area contributed by atoms with Crippen molar-refractivity contribution < 1.29 is 8.78 Å². The van der Waals surface area contributed by atoms with Gasteiger partial charge in [-0.3, -0.25) is 4.90 Å². The molecule has 0 aromatic heterocycles. The molecule has 1 atom stereocenters. The number of nitrogens with one attached hydrogen (secondary N) is 1. The Kier molecular flexibility index (Phi) is 5.92. The average molecular weight is 282 g/mol. The van der Waals surface area contributed by atoms with Crippen LogP contribution in [0.15, 0.2) is 18.2 Å². The molecule has 112 valence electrons. The van der Waals surface area contributed by atoms with Gasteiger partial charge in [-0.15, -0.1) is 0 Å². The number of hydrogen-bond acceptors (Lipinski definition) is 2. The lowest BCUT2D eigenvalue weighted by Crippen LogP contribution is -2.38. The lowest BCUT2D eigenvalue weighted by molar-refractivity contribution is 0.201. The number of hydrogen-bond donors (Lipinski definition) is 1. The highest BCUT2D eigenvalue weighted by molar-refractivity contribution is 5.17. The molecule has 1 fully saturated rings. The average Bonchev–Trinajstić information content (AvgIpc) is 2.44. The van der Waals surface area contributed by atoms with Crippen molar-refractivity contribution in [1.82, 2.24) is 10.2 Å². The van der Waals surface area contributed by atoms with E-state index in [1.807, 2.05) is 0 Å². The largest absolute Gasteiger partial charge is 0.316 e. The summed E-state index contributed by atoms with van der Waals surface area (Å²) in [5.74, 6) is -0.855. The molecule has 20 heavy (non-hydrogen) atoms. The predicted molar refractivity (Wildman–Crippen MR) is 77.5 cm³/mol. The first-order valence-electron chi connectivity index (χ1n) is 7.56. The van der Waals surface area contributed by atoms with E-state index in [2.05, 4.69) is 17.1 Å². The van der Waals surface area contributed by atoms with E-state index in [1.165, 1.54) is 25.0 Å². The molecule has 0 bridgehead atoms. The zero-order valence-corrected chi connectivity index (χ0v) is 12.2. The Bertz CT molecular complexity index is 417. The SMILES string of the molecule is CCCN(Cc1ccc(F)c(F)c1)CC1CCCNC1. The molecule has 2 nitrogen and oxygen atoms in total. The Hall–Kier alpha value is -1.00. The summed E-state index contributed by atoms with van der Waals surface area (Å²) in [5, 5.41) is 3.43. The molecule has 1 aliphatic rings. The van der Waals surface area contributed by atoms with Crippen LogP contribution in [-0.4, -0.2) is 31.1 Å². The molecular weight excluding hydrogens is 258 g/mol. The number of nitrogens with zero attached hydrogens (tertiary/aromatic N) is 1.